The van der Waals surface area contributed by atoms with Crippen LogP contribution in [0.4, 0.5) is 10.5 Å². The zero-order chi connectivity index (χ0) is 11.5. The number of aromatic nitrogens is 2. The summed E-state index contributed by atoms with van der Waals surface area (Å²) < 4.78 is 1.35. The minimum absolute atomic E-state index is 0.287. The highest BCUT2D eigenvalue weighted by molar-refractivity contribution is 6.33. The van der Waals surface area contributed by atoms with Crippen LogP contribution in [0.2, 0.25) is 5.02 Å². The van der Waals surface area contributed by atoms with E-state index >= 15 is 0 Å². The Labute approximate surface area is 97.9 Å². The van der Waals surface area contributed by atoms with Gasteiger partial charge in [0.15, 0.2) is 0 Å². The second-order valence-corrected chi connectivity index (χ2v) is 3.79. The van der Waals surface area contributed by atoms with E-state index in [-0.39, 0.29) is 6.03 Å². The summed E-state index contributed by atoms with van der Waals surface area (Å²) in [5.74, 6) is 0. The quantitative estimate of drug-likeness (QED) is 0.826. The van der Waals surface area contributed by atoms with E-state index in [4.69, 9.17) is 11.6 Å². The Morgan fingerprint density at radius 2 is 2.31 bits per heavy atom. The Morgan fingerprint density at radius 1 is 1.50 bits per heavy atom. The highest BCUT2D eigenvalue weighted by atomic mass is 35.5. The monoisotopic (exact) mass is 235 g/mol. The average molecular weight is 236 g/mol. The summed E-state index contributed by atoms with van der Waals surface area (Å²) >= 11 is 5.96. The molecule has 0 aliphatic heterocycles. The van der Waals surface area contributed by atoms with Crippen molar-refractivity contribution in [3.05, 3.63) is 47.5 Å². The smallest absolute Gasteiger partial charge is 0.306 e. The molecule has 16 heavy (non-hydrogen) atoms. The van der Waals surface area contributed by atoms with Gasteiger partial charge >= 0.3 is 6.03 Å². The van der Waals surface area contributed by atoms with Gasteiger partial charge in [-0.15, -0.1) is 0 Å². The van der Waals surface area contributed by atoms with E-state index in [0.717, 1.165) is 5.56 Å². The number of carbonyl (C=O) groups excluding carboxylic acids is 1. The van der Waals surface area contributed by atoms with Crippen molar-refractivity contribution in [2.75, 3.05) is 5.32 Å². The van der Waals surface area contributed by atoms with E-state index in [1.807, 2.05) is 19.1 Å². The van der Waals surface area contributed by atoms with E-state index in [1.165, 1.54) is 17.1 Å². The van der Waals surface area contributed by atoms with Crippen molar-refractivity contribution < 1.29 is 4.79 Å². The molecule has 1 aromatic heterocycles. The molecule has 0 unspecified atom stereocenters. The Bertz CT molecular complexity index is 508. The van der Waals surface area contributed by atoms with Gasteiger partial charge in [-0.25, -0.2) is 9.78 Å². The molecular formula is C11H10ClN3O. The lowest BCUT2D eigenvalue weighted by Crippen LogP contribution is -2.18. The third-order valence-corrected chi connectivity index (χ3v) is 2.43. The number of carbonyl (C=O) groups is 1. The summed E-state index contributed by atoms with van der Waals surface area (Å²) in [7, 11) is 0. The minimum Gasteiger partial charge on any atom is -0.306 e. The molecule has 0 bridgehead atoms. The van der Waals surface area contributed by atoms with E-state index in [2.05, 4.69) is 10.3 Å². The van der Waals surface area contributed by atoms with Crippen molar-refractivity contribution in [2.45, 2.75) is 6.92 Å². The molecule has 5 heteroatoms. The number of nitrogens with one attached hydrogen (secondary N) is 1. The van der Waals surface area contributed by atoms with Crippen molar-refractivity contribution in [2.24, 2.45) is 0 Å². The number of rotatable bonds is 1. The third-order valence-electron chi connectivity index (χ3n) is 2.10. The van der Waals surface area contributed by atoms with Crippen molar-refractivity contribution in [3.8, 4) is 0 Å². The van der Waals surface area contributed by atoms with Gasteiger partial charge < -0.3 is 5.32 Å². The zero-order valence-electron chi connectivity index (χ0n) is 8.64. The molecule has 0 spiro atoms. The number of nitrogens with zero attached hydrogens (tertiary/aromatic N) is 2. The Balaban J connectivity index is 2.21. The minimum atomic E-state index is -0.287. The second-order valence-electron chi connectivity index (χ2n) is 3.38. The van der Waals surface area contributed by atoms with Crippen molar-refractivity contribution >= 4 is 23.3 Å². The first-order chi connectivity index (χ1) is 7.66. The van der Waals surface area contributed by atoms with Crippen LogP contribution >= 0.6 is 11.6 Å². The van der Waals surface area contributed by atoms with Crippen molar-refractivity contribution in [1.29, 1.82) is 0 Å². The van der Waals surface area contributed by atoms with Crippen LogP contribution in [0.3, 0.4) is 0 Å². The first kappa shape index (κ1) is 10.7. The molecule has 1 heterocycles. The largest absolute Gasteiger partial charge is 0.331 e. The summed E-state index contributed by atoms with van der Waals surface area (Å²) in [6.07, 6.45) is 4.54. The number of halogens is 1. The Hall–Kier alpha value is -1.81. The number of aryl methyl sites for hydroxylation is 1. The topological polar surface area (TPSA) is 46.9 Å². The summed E-state index contributed by atoms with van der Waals surface area (Å²) in [5.41, 5.74) is 1.63. The molecule has 2 aromatic rings. The van der Waals surface area contributed by atoms with Gasteiger partial charge in [0.2, 0.25) is 0 Å². The third kappa shape index (κ3) is 2.23. The number of imidazole rings is 1. The summed E-state index contributed by atoms with van der Waals surface area (Å²) in [6, 6.07) is 5.16. The number of amides is 1. The van der Waals surface area contributed by atoms with Crippen molar-refractivity contribution in [1.82, 2.24) is 9.55 Å². The Kier molecular flexibility index (Phi) is 2.92. The molecule has 82 valence electrons. The predicted octanol–water partition coefficient (Wildman–Crippen LogP) is 2.93. The lowest BCUT2D eigenvalue weighted by Gasteiger charge is -2.07. The van der Waals surface area contributed by atoms with E-state index in [0.29, 0.717) is 10.7 Å². The van der Waals surface area contributed by atoms with Crippen LogP contribution in [0, 0.1) is 6.92 Å². The van der Waals surface area contributed by atoms with Crippen LogP contribution in [0.1, 0.15) is 5.56 Å². The molecule has 0 aliphatic carbocycles. The molecule has 0 fully saturated rings. The first-order valence-electron chi connectivity index (χ1n) is 4.72. The predicted molar refractivity (Wildman–Crippen MR) is 62.8 cm³/mol. The van der Waals surface area contributed by atoms with Crippen LogP contribution in [0.25, 0.3) is 0 Å². The van der Waals surface area contributed by atoms with Crippen LogP contribution in [0.15, 0.2) is 36.9 Å². The van der Waals surface area contributed by atoms with Crippen LogP contribution in [-0.2, 0) is 0 Å². The fourth-order valence-corrected chi connectivity index (χ4v) is 1.46. The van der Waals surface area contributed by atoms with Crippen molar-refractivity contribution in [3.63, 3.8) is 0 Å². The van der Waals surface area contributed by atoms with Gasteiger partial charge in [-0.1, -0.05) is 17.7 Å². The van der Waals surface area contributed by atoms with Gasteiger partial charge in [-0.05, 0) is 24.6 Å². The highest BCUT2D eigenvalue weighted by Crippen LogP contribution is 2.22. The molecule has 1 aromatic carbocycles. The molecule has 4 nitrogen and oxygen atoms in total. The molecule has 2 rings (SSSR count). The number of benzene rings is 1. The average Bonchev–Trinajstić information content (AvgIpc) is 2.76. The molecule has 0 saturated heterocycles. The maximum absolute atomic E-state index is 11.7. The van der Waals surface area contributed by atoms with Gasteiger partial charge in [0, 0.05) is 12.4 Å². The maximum atomic E-state index is 11.7. The number of anilines is 1. The number of hydrogen-bond acceptors (Lipinski definition) is 2. The fraction of sp³-hybridized carbons (Fsp3) is 0.0909. The summed E-state index contributed by atoms with van der Waals surface area (Å²) in [5, 5.41) is 3.22. The molecule has 1 N–H and O–H groups in total. The van der Waals surface area contributed by atoms with E-state index in [1.54, 1.807) is 12.3 Å². The second kappa shape index (κ2) is 4.37. The van der Waals surface area contributed by atoms with E-state index in [9.17, 15) is 4.79 Å². The SMILES string of the molecule is Cc1ccc(Cl)c(NC(=O)n2ccnc2)c1. The van der Waals surface area contributed by atoms with Gasteiger partial charge in [0.05, 0.1) is 10.7 Å². The molecule has 0 atom stereocenters. The molecule has 0 radical (unpaired) electrons. The molecular weight excluding hydrogens is 226 g/mol. The molecule has 1 amide bonds. The first-order valence-corrected chi connectivity index (χ1v) is 5.10. The van der Waals surface area contributed by atoms with Crippen LogP contribution < -0.4 is 5.32 Å². The van der Waals surface area contributed by atoms with Gasteiger partial charge in [-0.2, -0.15) is 0 Å². The van der Waals surface area contributed by atoms with Crippen LogP contribution in [-0.4, -0.2) is 15.6 Å². The summed E-state index contributed by atoms with van der Waals surface area (Å²) in [4.78, 5) is 15.5. The standard InChI is InChI=1S/C11H10ClN3O/c1-8-2-3-9(12)10(6-8)14-11(16)15-5-4-13-7-15/h2-7H,1H3,(H,14,16). The number of hydrogen-bond donors (Lipinski definition) is 1. The van der Waals surface area contributed by atoms with Crippen LogP contribution in [0.5, 0.6) is 0 Å². The van der Waals surface area contributed by atoms with Gasteiger partial charge in [0.1, 0.15) is 6.33 Å². The van der Waals surface area contributed by atoms with Gasteiger partial charge in [-0.3, -0.25) is 4.57 Å². The maximum Gasteiger partial charge on any atom is 0.331 e. The van der Waals surface area contributed by atoms with E-state index < -0.39 is 0 Å². The normalized spacial score (nSPS) is 10.1. The van der Waals surface area contributed by atoms with Gasteiger partial charge in [0.25, 0.3) is 0 Å². The summed E-state index contributed by atoms with van der Waals surface area (Å²) in [6.45, 7) is 1.93. The lowest BCUT2D eigenvalue weighted by molar-refractivity contribution is 0.253. The fourth-order valence-electron chi connectivity index (χ4n) is 1.29. The molecule has 0 aliphatic rings. The molecule has 0 saturated carbocycles. The lowest BCUT2D eigenvalue weighted by atomic mass is 10.2. The Morgan fingerprint density at radius 3 is 3.00 bits per heavy atom. The highest BCUT2D eigenvalue weighted by Gasteiger charge is 2.06. The zero-order valence-corrected chi connectivity index (χ0v) is 9.40.